The number of esters is 1. The van der Waals surface area contributed by atoms with E-state index in [1.807, 2.05) is 24.3 Å². The van der Waals surface area contributed by atoms with Gasteiger partial charge in [0.25, 0.3) is 0 Å². The van der Waals surface area contributed by atoms with E-state index < -0.39 is 17.7 Å². The molecule has 0 spiro atoms. The molecule has 9 heteroatoms. The number of fused-ring (bicyclic) bond motifs is 1. The molecule has 0 bridgehead atoms. The highest BCUT2D eigenvalue weighted by Gasteiger charge is 2.30. The van der Waals surface area contributed by atoms with Crippen molar-refractivity contribution in [2.45, 2.75) is 13.1 Å². The number of aromatic nitrogens is 1. The SMILES string of the molecule is COC(=O)COc1ccc2cc(-c3nc(-c4ccc(C(F)(F)F)cc4)oc3C)ccc2c1Br. The Labute approximate surface area is 195 Å². The second-order valence-corrected chi connectivity index (χ2v) is 7.97. The number of aryl methyl sites for hydroxylation is 1. The van der Waals surface area contributed by atoms with E-state index in [4.69, 9.17) is 9.15 Å². The molecule has 0 unspecified atom stereocenters. The van der Waals surface area contributed by atoms with Gasteiger partial charge in [0.15, 0.2) is 6.61 Å². The molecule has 33 heavy (non-hydrogen) atoms. The molecule has 0 atom stereocenters. The topological polar surface area (TPSA) is 61.6 Å². The van der Waals surface area contributed by atoms with Crippen LogP contribution in [-0.4, -0.2) is 24.7 Å². The second kappa shape index (κ2) is 8.90. The number of carbonyl (C=O) groups excluding carboxylic acids is 1. The minimum atomic E-state index is -4.40. The third-order valence-electron chi connectivity index (χ3n) is 5.02. The van der Waals surface area contributed by atoms with Crippen LogP contribution < -0.4 is 4.74 Å². The van der Waals surface area contributed by atoms with Crippen LogP contribution in [0, 0.1) is 6.92 Å². The summed E-state index contributed by atoms with van der Waals surface area (Å²) in [6.07, 6.45) is -4.40. The quantitative estimate of drug-likeness (QED) is 0.271. The zero-order chi connectivity index (χ0) is 23.8. The predicted molar refractivity (Wildman–Crippen MR) is 120 cm³/mol. The molecule has 4 rings (SSSR count). The zero-order valence-electron chi connectivity index (χ0n) is 17.5. The van der Waals surface area contributed by atoms with Crippen LogP contribution >= 0.6 is 15.9 Å². The average Bonchev–Trinajstić information content (AvgIpc) is 3.19. The number of halogens is 4. The molecule has 0 amide bonds. The van der Waals surface area contributed by atoms with Gasteiger partial charge in [-0.15, -0.1) is 0 Å². The van der Waals surface area contributed by atoms with Gasteiger partial charge in [-0.25, -0.2) is 9.78 Å². The molecule has 1 aromatic heterocycles. The molecular weight excluding hydrogens is 503 g/mol. The molecule has 0 fully saturated rings. The maximum absolute atomic E-state index is 12.8. The summed E-state index contributed by atoms with van der Waals surface area (Å²) in [5, 5.41) is 1.76. The van der Waals surface area contributed by atoms with Gasteiger partial charge in [0.05, 0.1) is 17.1 Å². The first kappa shape index (κ1) is 22.8. The van der Waals surface area contributed by atoms with E-state index in [0.29, 0.717) is 27.2 Å². The van der Waals surface area contributed by atoms with Crippen molar-refractivity contribution in [3.8, 4) is 28.5 Å². The van der Waals surface area contributed by atoms with E-state index in [9.17, 15) is 18.0 Å². The molecular formula is C24H17BrF3NO4. The number of hydrogen-bond donors (Lipinski definition) is 0. The first-order valence-electron chi connectivity index (χ1n) is 9.74. The number of rotatable bonds is 5. The molecule has 0 aliphatic rings. The van der Waals surface area contributed by atoms with E-state index in [1.54, 1.807) is 13.0 Å². The van der Waals surface area contributed by atoms with Crippen LogP contribution in [0.3, 0.4) is 0 Å². The maximum Gasteiger partial charge on any atom is 0.416 e. The van der Waals surface area contributed by atoms with Crippen LogP contribution in [0.25, 0.3) is 33.5 Å². The number of ether oxygens (including phenoxy) is 2. The lowest BCUT2D eigenvalue weighted by Gasteiger charge is -2.10. The van der Waals surface area contributed by atoms with Gasteiger partial charge in [0.2, 0.25) is 5.89 Å². The van der Waals surface area contributed by atoms with Crippen molar-refractivity contribution in [2.24, 2.45) is 0 Å². The smallest absolute Gasteiger partial charge is 0.416 e. The summed E-state index contributed by atoms with van der Waals surface area (Å²) < 4.78 is 55.0. The summed E-state index contributed by atoms with van der Waals surface area (Å²) in [5.74, 6) is 0.802. The Balaban J connectivity index is 1.64. The minimum absolute atomic E-state index is 0.205. The third-order valence-corrected chi connectivity index (χ3v) is 5.84. The van der Waals surface area contributed by atoms with Crippen molar-refractivity contribution in [3.63, 3.8) is 0 Å². The van der Waals surface area contributed by atoms with E-state index in [1.165, 1.54) is 19.2 Å². The molecule has 0 saturated carbocycles. The molecule has 3 aromatic carbocycles. The summed E-state index contributed by atoms with van der Waals surface area (Å²) in [7, 11) is 1.29. The number of alkyl halides is 3. The Hall–Kier alpha value is -3.33. The monoisotopic (exact) mass is 519 g/mol. The number of hydrogen-bond acceptors (Lipinski definition) is 5. The lowest BCUT2D eigenvalue weighted by Crippen LogP contribution is -2.12. The summed E-state index contributed by atoms with van der Waals surface area (Å²) in [6.45, 7) is 1.54. The first-order chi connectivity index (χ1) is 15.7. The highest BCUT2D eigenvalue weighted by molar-refractivity contribution is 9.10. The van der Waals surface area contributed by atoms with Gasteiger partial charge >= 0.3 is 12.1 Å². The van der Waals surface area contributed by atoms with Crippen molar-refractivity contribution in [1.82, 2.24) is 4.98 Å². The van der Waals surface area contributed by atoms with Gasteiger partial charge in [-0.2, -0.15) is 13.2 Å². The summed E-state index contributed by atoms with van der Waals surface area (Å²) in [5.41, 5.74) is 1.10. The van der Waals surface area contributed by atoms with Gasteiger partial charge in [0, 0.05) is 11.1 Å². The van der Waals surface area contributed by atoms with Gasteiger partial charge in [-0.05, 0) is 70.0 Å². The second-order valence-electron chi connectivity index (χ2n) is 7.18. The highest BCUT2D eigenvalue weighted by Crippen LogP contribution is 2.37. The van der Waals surface area contributed by atoms with E-state index in [-0.39, 0.29) is 12.5 Å². The molecule has 170 valence electrons. The van der Waals surface area contributed by atoms with Gasteiger partial charge in [0.1, 0.15) is 17.2 Å². The first-order valence-corrected chi connectivity index (χ1v) is 10.5. The van der Waals surface area contributed by atoms with Crippen molar-refractivity contribution in [3.05, 3.63) is 70.4 Å². The largest absolute Gasteiger partial charge is 0.481 e. The van der Waals surface area contributed by atoms with Crippen LogP contribution in [0.4, 0.5) is 13.2 Å². The van der Waals surface area contributed by atoms with E-state index in [2.05, 4.69) is 25.7 Å². The van der Waals surface area contributed by atoms with Crippen molar-refractivity contribution >= 4 is 32.7 Å². The molecule has 0 aliphatic heterocycles. The Morgan fingerprint density at radius 1 is 1.06 bits per heavy atom. The maximum atomic E-state index is 12.8. The molecule has 1 heterocycles. The lowest BCUT2D eigenvalue weighted by molar-refractivity contribution is -0.143. The Bertz CT molecular complexity index is 1330. The average molecular weight is 520 g/mol. The highest BCUT2D eigenvalue weighted by atomic mass is 79.9. The standard InChI is InChI=1S/C24H17BrF3NO4/c1-13-22(29-23(33-13)14-3-7-17(8-4-14)24(26,27)28)16-5-9-18-15(11-16)6-10-19(21(18)25)32-12-20(30)31-2/h3-11H,12H2,1-2H3. The summed E-state index contributed by atoms with van der Waals surface area (Å²) in [4.78, 5) is 15.8. The molecule has 5 nitrogen and oxygen atoms in total. The van der Waals surface area contributed by atoms with E-state index in [0.717, 1.165) is 28.5 Å². The molecule has 0 aliphatic carbocycles. The zero-order valence-corrected chi connectivity index (χ0v) is 19.1. The number of methoxy groups -OCH3 is 1. The van der Waals surface area contributed by atoms with E-state index >= 15 is 0 Å². The molecule has 0 saturated heterocycles. The van der Waals surface area contributed by atoms with Gasteiger partial charge in [-0.3, -0.25) is 0 Å². The third kappa shape index (κ3) is 4.73. The number of benzene rings is 3. The fourth-order valence-corrected chi connectivity index (χ4v) is 3.92. The lowest BCUT2D eigenvalue weighted by atomic mass is 10.0. The number of oxazole rings is 1. The van der Waals surface area contributed by atoms with Crippen molar-refractivity contribution < 1.29 is 31.9 Å². The number of carbonyl (C=O) groups is 1. The Morgan fingerprint density at radius 2 is 1.76 bits per heavy atom. The Morgan fingerprint density at radius 3 is 2.42 bits per heavy atom. The molecule has 4 aromatic rings. The minimum Gasteiger partial charge on any atom is -0.481 e. The predicted octanol–water partition coefficient (Wildman–Crippen LogP) is 6.80. The van der Waals surface area contributed by atoms with Crippen molar-refractivity contribution in [2.75, 3.05) is 13.7 Å². The van der Waals surface area contributed by atoms with Gasteiger partial charge < -0.3 is 13.9 Å². The van der Waals surface area contributed by atoms with Crippen LogP contribution in [0.5, 0.6) is 5.75 Å². The molecule has 0 radical (unpaired) electrons. The summed E-state index contributed by atoms with van der Waals surface area (Å²) >= 11 is 3.51. The fraction of sp³-hybridized carbons (Fsp3) is 0.167. The van der Waals surface area contributed by atoms with Crippen LogP contribution in [-0.2, 0) is 15.7 Å². The van der Waals surface area contributed by atoms with Crippen LogP contribution in [0.15, 0.2) is 63.5 Å². The Kier molecular flexibility index (Phi) is 6.16. The van der Waals surface area contributed by atoms with Crippen LogP contribution in [0.2, 0.25) is 0 Å². The number of nitrogens with zero attached hydrogens (tertiary/aromatic N) is 1. The van der Waals surface area contributed by atoms with Gasteiger partial charge in [-0.1, -0.05) is 18.2 Å². The molecule has 0 N–H and O–H groups in total. The van der Waals surface area contributed by atoms with Crippen molar-refractivity contribution in [1.29, 1.82) is 0 Å². The van der Waals surface area contributed by atoms with Crippen LogP contribution in [0.1, 0.15) is 11.3 Å². The fourth-order valence-electron chi connectivity index (χ4n) is 3.32. The summed E-state index contributed by atoms with van der Waals surface area (Å²) in [6, 6.07) is 13.9. The normalized spacial score (nSPS) is 11.6.